The van der Waals surface area contributed by atoms with E-state index in [9.17, 15) is 4.79 Å². The number of hydrogen-bond acceptors (Lipinski definition) is 2. The number of carbonyl (C=O) groups is 1. The molecule has 2 heterocycles. The first-order chi connectivity index (χ1) is 11.6. The first kappa shape index (κ1) is 17.5. The Hall–Kier alpha value is -0.860. The maximum absolute atomic E-state index is 12.4. The van der Waals surface area contributed by atoms with Crippen LogP contribution in [-0.2, 0) is 16.6 Å². The summed E-state index contributed by atoms with van der Waals surface area (Å²) in [7, 11) is 0. The second-order valence-corrected chi connectivity index (χ2v) is 8.91. The number of halogens is 1. The molecule has 25 heavy (non-hydrogen) atoms. The van der Waals surface area contributed by atoms with E-state index in [-0.39, 0.29) is 18.3 Å². The summed E-state index contributed by atoms with van der Waals surface area (Å²) in [5, 5.41) is 0. The van der Waals surface area contributed by atoms with Crippen molar-refractivity contribution in [3.63, 3.8) is 0 Å². The molecule has 3 unspecified atom stereocenters. The zero-order valence-electron chi connectivity index (χ0n) is 15.4. The van der Waals surface area contributed by atoms with Crippen molar-refractivity contribution in [2.24, 2.45) is 17.8 Å². The van der Waals surface area contributed by atoms with Crippen molar-refractivity contribution >= 4 is 18.2 Å². The van der Waals surface area contributed by atoms with Gasteiger partial charge in [0.2, 0.25) is 0 Å². The molecule has 5 atom stereocenters. The molecular weight excluding hydrogens is 330 g/mol. The summed E-state index contributed by atoms with van der Waals surface area (Å²) in [6, 6.07) is 10.4. The first-order valence-corrected chi connectivity index (χ1v) is 9.98. The third kappa shape index (κ3) is 2.44. The fourth-order valence-electron chi connectivity index (χ4n) is 6.56. The zero-order valence-corrected chi connectivity index (χ0v) is 16.2. The summed E-state index contributed by atoms with van der Waals surface area (Å²) in [6.45, 7) is 5.47. The Morgan fingerprint density at radius 1 is 1.24 bits per heavy atom. The van der Waals surface area contributed by atoms with Crippen LogP contribution >= 0.6 is 12.4 Å². The van der Waals surface area contributed by atoms with Gasteiger partial charge in [0.25, 0.3) is 0 Å². The molecule has 0 spiro atoms. The monoisotopic (exact) mass is 359 g/mol. The van der Waals surface area contributed by atoms with Gasteiger partial charge in [0.15, 0.2) is 0 Å². The zero-order chi connectivity index (χ0) is 16.5. The molecule has 136 valence electrons. The van der Waals surface area contributed by atoms with Gasteiger partial charge in [-0.2, -0.15) is 0 Å². The number of carbonyl (C=O) groups excluding carboxylic acids is 1. The van der Waals surface area contributed by atoms with Crippen molar-refractivity contribution < 1.29 is 4.79 Å². The summed E-state index contributed by atoms with van der Waals surface area (Å²) in [5.74, 6) is 2.30. The topological polar surface area (TPSA) is 20.3 Å². The van der Waals surface area contributed by atoms with E-state index in [0.29, 0.717) is 29.2 Å². The minimum Gasteiger partial charge on any atom is -0.300 e. The van der Waals surface area contributed by atoms with Gasteiger partial charge in [0.1, 0.15) is 5.78 Å². The van der Waals surface area contributed by atoms with Gasteiger partial charge < -0.3 is 0 Å². The van der Waals surface area contributed by atoms with E-state index in [1.54, 1.807) is 11.1 Å². The average molecular weight is 360 g/mol. The summed E-state index contributed by atoms with van der Waals surface area (Å²) >= 11 is 0. The van der Waals surface area contributed by atoms with Gasteiger partial charge in [-0.05, 0) is 68.4 Å². The van der Waals surface area contributed by atoms with Crippen LogP contribution in [0.2, 0.25) is 0 Å². The van der Waals surface area contributed by atoms with E-state index in [4.69, 9.17) is 0 Å². The van der Waals surface area contributed by atoms with E-state index in [1.807, 2.05) is 6.92 Å². The highest BCUT2D eigenvalue weighted by Gasteiger charge is 2.61. The van der Waals surface area contributed by atoms with Crippen LogP contribution in [0.1, 0.15) is 57.1 Å². The SMILES string of the molecule is CC[C@]12CC3[C@@H](C(C)=O)CC1C(Cc1ccccc12)N3CC1CC1.Cl. The molecule has 0 N–H and O–H groups in total. The van der Waals surface area contributed by atoms with Crippen LogP contribution in [0.4, 0.5) is 0 Å². The first-order valence-electron chi connectivity index (χ1n) is 9.98. The molecule has 6 rings (SSSR count). The van der Waals surface area contributed by atoms with Crippen LogP contribution in [0.5, 0.6) is 0 Å². The molecule has 2 saturated carbocycles. The van der Waals surface area contributed by atoms with Crippen molar-refractivity contribution in [3.8, 4) is 0 Å². The molecule has 4 fully saturated rings. The normalized spacial score (nSPS) is 38.8. The number of fused-ring (bicyclic) bond motifs is 2. The van der Waals surface area contributed by atoms with Crippen molar-refractivity contribution in [2.75, 3.05) is 6.54 Å². The summed E-state index contributed by atoms with van der Waals surface area (Å²) in [5.41, 5.74) is 3.53. The van der Waals surface area contributed by atoms with Gasteiger partial charge in [-0.25, -0.2) is 0 Å². The largest absolute Gasteiger partial charge is 0.300 e. The highest BCUT2D eigenvalue weighted by molar-refractivity contribution is 5.85. The van der Waals surface area contributed by atoms with Gasteiger partial charge in [0, 0.05) is 30.0 Å². The number of nitrogens with zero attached hydrogens (tertiary/aromatic N) is 1. The van der Waals surface area contributed by atoms with Crippen LogP contribution in [0.25, 0.3) is 0 Å². The smallest absolute Gasteiger partial charge is 0.134 e. The predicted molar refractivity (Wildman–Crippen MR) is 103 cm³/mol. The Labute approximate surface area is 157 Å². The minimum atomic E-state index is 0. The molecule has 0 amide bonds. The molecule has 4 bridgehead atoms. The average Bonchev–Trinajstić information content (AvgIpc) is 3.41. The summed E-state index contributed by atoms with van der Waals surface area (Å²) in [6.07, 6.45) is 7.58. The van der Waals surface area contributed by atoms with Crippen LogP contribution in [-0.4, -0.2) is 29.3 Å². The fourth-order valence-corrected chi connectivity index (χ4v) is 6.56. The molecule has 1 aromatic rings. The predicted octanol–water partition coefficient (Wildman–Crippen LogP) is 4.39. The Kier molecular flexibility index (Phi) is 4.28. The molecule has 2 nitrogen and oxygen atoms in total. The Bertz CT molecular complexity index is 684. The second-order valence-electron chi connectivity index (χ2n) is 8.91. The van der Waals surface area contributed by atoms with Crippen molar-refractivity contribution in [1.29, 1.82) is 0 Å². The van der Waals surface area contributed by atoms with Gasteiger partial charge in [0.05, 0.1) is 0 Å². The maximum Gasteiger partial charge on any atom is 0.134 e. The lowest BCUT2D eigenvalue weighted by molar-refractivity contribution is -0.143. The summed E-state index contributed by atoms with van der Waals surface area (Å²) < 4.78 is 0. The molecule has 2 aliphatic heterocycles. The Balaban J connectivity index is 0.00000157. The Morgan fingerprint density at radius 3 is 2.68 bits per heavy atom. The molecule has 2 saturated heterocycles. The van der Waals surface area contributed by atoms with E-state index < -0.39 is 0 Å². The van der Waals surface area contributed by atoms with Crippen LogP contribution in [0.3, 0.4) is 0 Å². The van der Waals surface area contributed by atoms with E-state index >= 15 is 0 Å². The molecule has 0 radical (unpaired) electrons. The van der Waals surface area contributed by atoms with E-state index in [0.717, 1.165) is 12.3 Å². The number of benzene rings is 1. The molecule has 1 aromatic carbocycles. The summed E-state index contributed by atoms with van der Waals surface area (Å²) in [4.78, 5) is 15.2. The Morgan fingerprint density at radius 2 is 2.00 bits per heavy atom. The quantitative estimate of drug-likeness (QED) is 0.794. The minimum absolute atomic E-state index is 0. The highest BCUT2D eigenvalue weighted by atomic mass is 35.5. The number of rotatable bonds is 4. The third-order valence-corrected chi connectivity index (χ3v) is 7.87. The number of ketones is 1. The van der Waals surface area contributed by atoms with E-state index in [2.05, 4.69) is 36.1 Å². The number of piperidine rings is 2. The molecule has 3 aliphatic carbocycles. The van der Waals surface area contributed by atoms with E-state index in [1.165, 1.54) is 38.6 Å². The fraction of sp³-hybridized carbons (Fsp3) is 0.682. The van der Waals surface area contributed by atoms with Gasteiger partial charge in [-0.1, -0.05) is 31.2 Å². The van der Waals surface area contributed by atoms with Crippen LogP contribution in [0.15, 0.2) is 24.3 Å². The highest BCUT2D eigenvalue weighted by Crippen LogP contribution is 2.60. The van der Waals surface area contributed by atoms with Crippen LogP contribution < -0.4 is 0 Å². The van der Waals surface area contributed by atoms with Crippen molar-refractivity contribution in [2.45, 2.75) is 69.9 Å². The lowest BCUT2D eigenvalue weighted by Gasteiger charge is -2.65. The van der Waals surface area contributed by atoms with Crippen LogP contribution in [0, 0.1) is 17.8 Å². The molecule has 5 aliphatic rings. The van der Waals surface area contributed by atoms with Gasteiger partial charge in [-0.3, -0.25) is 9.69 Å². The number of hydrogen-bond donors (Lipinski definition) is 0. The standard InChI is InChI=1S/C22H29NO.ClH/c1-3-22-12-21-17(14(2)24)11-19(22)20(23(21)13-15-8-9-15)10-16-6-4-5-7-18(16)22;/h4-7,15,17,19-21H,3,8-13H2,1-2H3;1H/t17-,19?,20?,21?,22-;/m1./s1. The lowest BCUT2D eigenvalue weighted by Crippen LogP contribution is -2.70. The number of Topliss-reactive ketones (excluding diaryl/α,β-unsaturated/α-hetero) is 1. The van der Waals surface area contributed by atoms with Gasteiger partial charge in [-0.15, -0.1) is 12.4 Å². The lowest BCUT2D eigenvalue weighted by atomic mass is 9.48. The van der Waals surface area contributed by atoms with Gasteiger partial charge >= 0.3 is 0 Å². The maximum atomic E-state index is 12.4. The molecule has 0 aromatic heterocycles. The third-order valence-electron chi connectivity index (χ3n) is 7.87. The molecule has 3 heteroatoms. The van der Waals surface area contributed by atoms with Crippen molar-refractivity contribution in [3.05, 3.63) is 35.4 Å². The second kappa shape index (κ2) is 6.09. The van der Waals surface area contributed by atoms with Crippen molar-refractivity contribution in [1.82, 2.24) is 4.90 Å². The molecular formula is C22H30ClNO.